The molecule has 0 amide bonds. The predicted octanol–water partition coefficient (Wildman–Crippen LogP) is 1.67. The number of hydrogen-bond acceptors (Lipinski definition) is 3. The largest absolute Gasteiger partial charge is 0.392 e. The molecule has 0 spiro atoms. The quantitative estimate of drug-likeness (QED) is 0.825. The van der Waals surface area contributed by atoms with Crippen molar-refractivity contribution in [2.24, 2.45) is 0 Å². The lowest BCUT2D eigenvalue weighted by Gasteiger charge is -2.37. The van der Waals surface area contributed by atoms with E-state index in [9.17, 15) is 9.50 Å². The first kappa shape index (κ1) is 12.3. The highest BCUT2D eigenvalue weighted by molar-refractivity contribution is 5.49. The standard InChI is InChI=1S/C13H18FNO2/c1-13(17)2-4-15(5-3-13)12-7-10(9-16)6-11(14)8-12/h6-8,16-17H,2-5,9H2,1H3. The number of piperidine rings is 1. The number of halogens is 1. The number of aliphatic hydroxyl groups excluding tert-OH is 1. The fourth-order valence-electron chi connectivity index (χ4n) is 2.15. The summed E-state index contributed by atoms with van der Waals surface area (Å²) in [5.74, 6) is -0.330. The minimum Gasteiger partial charge on any atom is -0.392 e. The number of benzene rings is 1. The lowest BCUT2D eigenvalue weighted by molar-refractivity contribution is 0.0351. The molecule has 94 valence electrons. The third-order valence-corrected chi connectivity index (χ3v) is 3.33. The molecule has 0 saturated carbocycles. The second-order valence-corrected chi connectivity index (χ2v) is 4.96. The van der Waals surface area contributed by atoms with E-state index in [1.54, 1.807) is 6.07 Å². The molecule has 1 aliphatic rings. The van der Waals surface area contributed by atoms with E-state index in [1.165, 1.54) is 12.1 Å². The summed E-state index contributed by atoms with van der Waals surface area (Å²) >= 11 is 0. The van der Waals surface area contributed by atoms with Crippen LogP contribution in [0.1, 0.15) is 25.3 Å². The highest BCUT2D eigenvalue weighted by Crippen LogP contribution is 2.27. The average molecular weight is 239 g/mol. The van der Waals surface area contributed by atoms with Crippen molar-refractivity contribution in [3.8, 4) is 0 Å². The van der Waals surface area contributed by atoms with Gasteiger partial charge in [-0.3, -0.25) is 0 Å². The minimum atomic E-state index is -0.608. The van der Waals surface area contributed by atoms with Gasteiger partial charge in [0.1, 0.15) is 5.82 Å². The lowest BCUT2D eigenvalue weighted by Crippen LogP contribution is -2.42. The van der Waals surface area contributed by atoms with Crippen LogP contribution >= 0.6 is 0 Å². The van der Waals surface area contributed by atoms with Crippen LogP contribution in [0.5, 0.6) is 0 Å². The van der Waals surface area contributed by atoms with Gasteiger partial charge in [0.15, 0.2) is 0 Å². The molecular formula is C13H18FNO2. The Hall–Kier alpha value is -1.13. The van der Waals surface area contributed by atoms with Gasteiger partial charge in [-0.1, -0.05) is 0 Å². The van der Waals surface area contributed by atoms with Crippen LogP contribution in [0.25, 0.3) is 0 Å². The molecular weight excluding hydrogens is 221 g/mol. The molecule has 0 bridgehead atoms. The molecule has 17 heavy (non-hydrogen) atoms. The van der Waals surface area contributed by atoms with Gasteiger partial charge in [0, 0.05) is 18.8 Å². The Morgan fingerprint density at radius 3 is 2.53 bits per heavy atom. The molecule has 1 aromatic carbocycles. The number of rotatable bonds is 2. The number of hydrogen-bond donors (Lipinski definition) is 2. The third kappa shape index (κ3) is 2.96. The van der Waals surface area contributed by atoms with Gasteiger partial charge in [-0.05, 0) is 43.5 Å². The Bertz CT molecular complexity index is 396. The van der Waals surface area contributed by atoms with E-state index in [1.807, 2.05) is 11.8 Å². The fraction of sp³-hybridized carbons (Fsp3) is 0.538. The predicted molar refractivity (Wildman–Crippen MR) is 64.4 cm³/mol. The van der Waals surface area contributed by atoms with Gasteiger partial charge in [0.05, 0.1) is 12.2 Å². The summed E-state index contributed by atoms with van der Waals surface area (Å²) in [6, 6.07) is 4.60. The first-order chi connectivity index (χ1) is 8.00. The lowest BCUT2D eigenvalue weighted by atomic mass is 9.93. The van der Waals surface area contributed by atoms with Crippen molar-refractivity contribution >= 4 is 5.69 Å². The molecule has 4 heteroatoms. The van der Waals surface area contributed by atoms with Crippen molar-refractivity contribution in [1.29, 1.82) is 0 Å². The molecule has 1 aromatic rings. The van der Waals surface area contributed by atoms with Gasteiger partial charge in [-0.25, -0.2) is 4.39 Å². The monoisotopic (exact) mass is 239 g/mol. The Kier molecular flexibility index (Phi) is 3.35. The molecule has 2 N–H and O–H groups in total. The highest BCUT2D eigenvalue weighted by atomic mass is 19.1. The second-order valence-electron chi connectivity index (χ2n) is 4.96. The van der Waals surface area contributed by atoms with Gasteiger partial charge in [-0.15, -0.1) is 0 Å². The highest BCUT2D eigenvalue weighted by Gasteiger charge is 2.27. The topological polar surface area (TPSA) is 43.7 Å². The third-order valence-electron chi connectivity index (χ3n) is 3.33. The Balaban J connectivity index is 2.15. The molecule has 0 unspecified atom stereocenters. The van der Waals surface area contributed by atoms with Crippen LogP contribution in [0.15, 0.2) is 18.2 Å². The average Bonchev–Trinajstić information content (AvgIpc) is 2.28. The Morgan fingerprint density at radius 2 is 1.94 bits per heavy atom. The van der Waals surface area contributed by atoms with Crippen LogP contribution in [0, 0.1) is 5.82 Å². The van der Waals surface area contributed by atoms with Crippen LogP contribution in [0.4, 0.5) is 10.1 Å². The fourth-order valence-corrected chi connectivity index (χ4v) is 2.15. The number of nitrogens with zero attached hydrogens (tertiary/aromatic N) is 1. The molecule has 0 aliphatic carbocycles. The van der Waals surface area contributed by atoms with Crippen LogP contribution < -0.4 is 4.90 Å². The normalized spacial score (nSPS) is 19.4. The van der Waals surface area contributed by atoms with Gasteiger partial charge in [-0.2, -0.15) is 0 Å². The zero-order valence-corrected chi connectivity index (χ0v) is 9.99. The zero-order chi connectivity index (χ0) is 12.5. The SMILES string of the molecule is CC1(O)CCN(c2cc(F)cc(CO)c2)CC1. The summed E-state index contributed by atoms with van der Waals surface area (Å²) in [5.41, 5.74) is 0.755. The summed E-state index contributed by atoms with van der Waals surface area (Å²) < 4.78 is 13.3. The molecule has 1 saturated heterocycles. The molecule has 1 aliphatic heterocycles. The van der Waals surface area contributed by atoms with Crippen molar-refractivity contribution < 1.29 is 14.6 Å². The minimum absolute atomic E-state index is 0.156. The number of anilines is 1. The van der Waals surface area contributed by atoms with Crippen LogP contribution in [0.2, 0.25) is 0 Å². The van der Waals surface area contributed by atoms with Crippen LogP contribution in [-0.2, 0) is 6.61 Å². The maximum absolute atomic E-state index is 13.3. The molecule has 1 fully saturated rings. The van der Waals surface area contributed by atoms with Gasteiger partial charge >= 0.3 is 0 Å². The first-order valence-corrected chi connectivity index (χ1v) is 5.88. The van der Waals surface area contributed by atoms with E-state index in [-0.39, 0.29) is 12.4 Å². The molecule has 3 nitrogen and oxygen atoms in total. The maximum atomic E-state index is 13.3. The summed E-state index contributed by atoms with van der Waals surface area (Å²) in [5, 5.41) is 18.9. The van der Waals surface area contributed by atoms with Crippen LogP contribution in [-0.4, -0.2) is 28.9 Å². The Morgan fingerprint density at radius 1 is 1.29 bits per heavy atom. The molecule has 1 heterocycles. The van der Waals surface area contributed by atoms with E-state index >= 15 is 0 Å². The van der Waals surface area contributed by atoms with E-state index in [4.69, 9.17) is 5.11 Å². The summed E-state index contributed by atoms with van der Waals surface area (Å²) in [6.07, 6.45) is 1.36. The van der Waals surface area contributed by atoms with Gasteiger partial charge in [0.25, 0.3) is 0 Å². The van der Waals surface area contributed by atoms with Crippen molar-refractivity contribution in [1.82, 2.24) is 0 Å². The number of aliphatic hydroxyl groups is 2. The van der Waals surface area contributed by atoms with Gasteiger partial charge < -0.3 is 15.1 Å². The van der Waals surface area contributed by atoms with E-state index < -0.39 is 5.60 Å². The van der Waals surface area contributed by atoms with E-state index in [0.717, 1.165) is 5.69 Å². The van der Waals surface area contributed by atoms with Crippen molar-refractivity contribution in [3.05, 3.63) is 29.6 Å². The van der Waals surface area contributed by atoms with E-state index in [0.29, 0.717) is 31.5 Å². The maximum Gasteiger partial charge on any atom is 0.125 e. The van der Waals surface area contributed by atoms with Gasteiger partial charge in [0.2, 0.25) is 0 Å². The molecule has 0 radical (unpaired) electrons. The van der Waals surface area contributed by atoms with Crippen molar-refractivity contribution in [2.45, 2.75) is 32.0 Å². The van der Waals surface area contributed by atoms with Crippen LogP contribution in [0.3, 0.4) is 0 Å². The second kappa shape index (κ2) is 4.63. The van der Waals surface area contributed by atoms with Crippen molar-refractivity contribution in [3.63, 3.8) is 0 Å². The molecule has 2 rings (SSSR count). The summed E-state index contributed by atoms with van der Waals surface area (Å²) in [7, 11) is 0. The zero-order valence-electron chi connectivity index (χ0n) is 9.99. The summed E-state index contributed by atoms with van der Waals surface area (Å²) in [6.45, 7) is 3.09. The van der Waals surface area contributed by atoms with E-state index in [2.05, 4.69) is 0 Å². The molecule has 0 atom stereocenters. The summed E-state index contributed by atoms with van der Waals surface area (Å²) in [4.78, 5) is 2.04. The first-order valence-electron chi connectivity index (χ1n) is 5.88. The Labute approximate surface area is 100 Å². The molecule has 0 aromatic heterocycles. The van der Waals surface area contributed by atoms with Crippen molar-refractivity contribution in [2.75, 3.05) is 18.0 Å². The smallest absolute Gasteiger partial charge is 0.125 e.